The molecule has 1 aromatic carbocycles. The number of aryl methyl sites for hydroxylation is 1. The summed E-state index contributed by atoms with van der Waals surface area (Å²) < 4.78 is 6.95. The van der Waals surface area contributed by atoms with E-state index in [9.17, 15) is 0 Å². The Balaban J connectivity index is 1.63. The minimum Gasteiger partial charge on any atom is -0.497 e. The van der Waals surface area contributed by atoms with Crippen LogP contribution in [-0.4, -0.2) is 33.5 Å². The second kappa shape index (κ2) is 6.43. The summed E-state index contributed by atoms with van der Waals surface area (Å²) in [6.07, 6.45) is 1.73. The zero-order valence-corrected chi connectivity index (χ0v) is 12.8. The van der Waals surface area contributed by atoms with Crippen LogP contribution in [0.25, 0.3) is 5.65 Å². The molecule has 0 radical (unpaired) electrons. The van der Waals surface area contributed by atoms with E-state index in [0.717, 1.165) is 42.4 Å². The van der Waals surface area contributed by atoms with E-state index in [2.05, 4.69) is 32.7 Å². The van der Waals surface area contributed by atoms with Gasteiger partial charge in [-0.2, -0.15) is 4.52 Å². The predicted molar refractivity (Wildman–Crippen MR) is 85.3 cm³/mol. The molecule has 22 heavy (non-hydrogen) atoms. The molecule has 3 rings (SSSR count). The SMILES string of the molecule is CCc1nnc2ccc(NCCc3ccc(OC)cc3)nn12. The normalized spacial score (nSPS) is 10.8. The standard InChI is InChI=1S/C16H19N5O/c1-3-15-18-19-16-9-8-14(20-21(15)16)17-11-10-12-4-6-13(22-2)7-5-12/h4-9H,3,10-11H2,1-2H3,(H,17,20). The van der Waals surface area contributed by atoms with Crippen LogP contribution in [0.2, 0.25) is 0 Å². The minimum atomic E-state index is 0.776. The molecule has 114 valence electrons. The van der Waals surface area contributed by atoms with Crippen LogP contribution in [0.15, 0.2) is 36.4 Å². The Morgan fingerprint density at radius 3 is 2.64 bits per heavy atom. The third-order valence-corrected chi connectivity index (χ3v) is 3.52. The van der Waals surface area contributed by atoms with Gasteiger partial charge in [0.15, 0.2) is 11.5 Å². The average molecular weight is 297 g/mol. The molecule has 0 aliphatic rings. The first kappa shape index (κ1) is 14.3. The van der Waals surface area contributed by atoms with Crippen LogP contribution in [0.5, 0.6) is 5.75 Å². The summed E-state index contributed by atoms with van der Waals surface area (Å²) in [7, 11) is 1.67. The molecule has 0 saturated heterocycles. The summed E-state index contributed by atoms with van der Waals surface area (Å²) in [5.74, 6) is 2.58. The van der Waals surface area contributed by atoms with Gasteiger partial charge in [-0.3, -0.25) is 0 Å². The molecule has 0 aliphatic heterocycles. The summed E-state index contributed by atoms with van der Waals surface area (Å²) in [5, 5.41) is 16.1. The molecular weight excluding hydrogens is 278 g/mol. The second-order valence-corrected chi connectivity index (χ2v) is 4.98. The Hall–Kier alpha value is -2.63. The second-order valence-electron chi connectivity index (χ2n) is 4.98. The Kier molecular flexibility index (Phi) is 4.18. The van der Waals surface area contributed by atoms with Gasteiger partial charge in [0.05, 0.1) is 7.11 Å². The first-order valence-electron chi connectivity index (χ1n) is 7.38. The van der Waals surface area contributed by atoms with Crippen molar-refractivity contribution in [2.24, 2.45) is 0 Å². The van der Waals surface area contributed by atoms with E-state index in [-0.39, 0.29) is 0 Å². The molecule has 0 fully saturated rings. The number of nitrogens with zero attached hydrogens (tertiary/aromatic N) is 4. The van der Waals surface area contributed by atoms with E-state index in [1.807, 2.05) is 31.2 Å². The molecule has 0 saturated carbocycles. The quantitative estimate of drug-likeness (QED) is 0.756. The zero-order valence-electron chi connectivity index (χ0n) is 12.8. The lowest BCUT2D eigenvalue weighted by Crippen LogP contribution is -2.08. The highest BCUT2D eigenvalue weighted by molar-refractivity contribution is 5.44. The van der Waals surface area contributed by atoms with Gasteiger partial charge in [0.25, 0.3) is 0 Å². The molecule has 1 N–H and O–H groups in total. The number of anilines is 1. The molecular formula is C16H19N5O. The van der Waals surface area contributed by atoms with Gasteiger partial charge in [-0.1, -0.05) is 19.1 Å². The summed E-state index contributed by atoms with van der Waals surface area (Å²) in [6, 6.07) is 12.0. The monoisotopic (exact) mass is 297 g/mol. The number of methoxy groups -OCH3 is 1. The van der Waals surface area contributed by atoms with E-state index in [1.165, 1.54) is 5.56 Å². The molecule has 0 atom stereocenters. The number of hydrogen-bond acceptors (Lipinski definition) is 5. The van der Waals surface area contributed by atoms with Crippen molar-refractivity contribution in [1.82, 2.24) is 19.8 Å². The lowest BCUT2D eigenvalue weighted by atomic mass is 10.1. The molecule has 0 aliphatic carbocycles. The van der Waals surface area contributed by atoms with Crippen molar-refractivity contribution < 1.29 is 4.74 Å². The molecule has 2 aromatic heterocycles. The van der Waals surface area contributed by atoms with Crippen molar-refractivity contribution in [2.75, 3.05) is 19.0 Å². The van der Waals surface area contributed by atoms with Crippen molar-refractivity contribution in [3.63, 3.8) is 0 Å². The molecule has 3 aromatic rings. The maximum absolute atomic E-state index is 5.16. The summed E-state index contributed by atoms with van der Waals surface area (Å²) in [6.45, 7) is 2.86. The van der Waals surface area contributed by atoms with Gasteiger partial charge >= 0.3 is 0 Å². The molecule has 0 spiro atoms. The van der Waals surface area contributed by atoms with Crippen molar-refractivity contribution in [3.05, 3.63) is 47.8 Å². The smallest absolute Gasteiger partial charge is 0.178 e. The van der Waals surface area contributed by atoms with Gasteiger partial charge in [-0.15, -0.1) is 15.3 Å². The van der Waals surface area contributed by atoms with Crippen LogP contribution in [0.1, 0.15) is 18.3 Å². The fourth-order valence-corrected chi connectivity index (χ4v) is 2.28. The lowest BCUT2D eigenvalue weighted by molar-refractivity contribution is 0.414. The lowest BCUT2D eigenvalue weighted by Gasteiger charge is -2.07. The van der Waals surface area contributed by atoms with Gasteiger partial charge in [0, 0.05) is 13.0 Å². The number of aromatic nitrogens is 4. The van der Waals surface area contributed by atoms with Crippen molar-refractivity contribution >= 4 is 11.5 Å². The van der Waals surface area contributed by atoms with Gasteiger partial charge in [-0.25, -0.2) is 0 Å². The highest BCUT2D eigenvalue weighted by Gasteiger charge is 2.05. The number of rotatable bonds is 6. The van der Waals surface area contributed by atoms with E-state index in [1.54, 1.807) is 11.6 Å². The Bertz CT molecular complexity index is 751. The van der Waals surface area contributed by atoms with E-state index in [4.69, 9.17) is 4.74 Å². The fourth-order valence-electron chi connectivity index (χ4n) is 2.28. The number of benzene rings is 1. The van der Waals surface area contributed by atoms with Crippen molar-refractivity contribution in [3.8, 4) is 5.75 Å². The average Bonchev–Trinajstić information content (AvgIpc) is 2.98. The Labute approximate surface area is 129 Å². The minimum absolute atomic E-state index is 0.776. The topological polar surface area (TPSA) is 64.3 Å². The Morgan fingerprint density at radius 2 is 1.91 bits per heavy atom. The number of hydrogen-bond donors (Lipinski definition) is 1. The van der Waals surface area contributed by atoms with Gasteiger partial charge in [-0.05, 0) is 36.2 Å². The first-order chi connectivity index (χ1) is 10.8. The van der Waals surface area contributed by atoms with E-state index < -0.39 is 0 Å². The Morgan fingerprint density at radius 1 is 1.09 bits per heavy atom. The number of nitrogens with one attached hydrogen (secondary N) is 1. The highest BCUT2D eigenvalue weighted by Crippen LogP contribution is 2.12. The molecule has 0 unspecified atom stereocenters. The predicted octanol–water partition coefficient (Wildman–Crippen LogP) is 2.35. The molecule has 0 amide bonds. The van der Waals surface area contributed by atoms with Crippen LogP contribution in [-0.2, 0) is 12.8 Å². The van der Waals surface area contributed by atoms with Crippen LogP contribution < -0.4 is 10.1 Å². The van der Waals surface area contributed by atoms with Crippen molar-refractivity contribution in [2.45, 2.75) is 19.8 Å². The maximum atomic E-state index is 5.16. The van der Waals surface area contributed by atoms with E-state index >= 15 is 0 Å². The van der Waals surface area contributed by atoms with Gasteiger partial charge < -0.3 is 10.1 Å². The number of fused-ring (bicyclic) bond motifs is 1. The fraction of sp³-hybridized carbons (Fsp3) is 0.312. The van der Waals surface area contributed by atoms with Crippen molar-refractivity contribution in [1.29, 1.82) is 0 Å². The largest absolute Gasteiger partial charge is 0.497 e. The van der Waals surface area contributed by atoms with E-state index in [0.29, 0.717) is 0 Å². The third kappa shape index (κ3) is 3.00. The van der Waals surface area contributed by atoms with Crippen LogP contribution >= 0.6 is 0 Å². The summed E-state index contributed by atoms with van der Waals surface area (Å²) >= 11 is 0. The van der Waals surface area contributed by atoms with Crippen LogP contribution in [0.4, 0.5) is 5.82 Å². The maximum Gasteiger partial charge on any atom is 0.178 e. The third-order valence-electron chi connectivity index (χ3n) is 3.52. The zero-order chi connectivity index (χ0) is 15.4. The van der Waals surface area contributed by atoms with Crippen LogP contribution in [0, 0.1) is 0 Å². The van der Waals surface area contributed by atoms with Gasteiger partial charge in [0.2, 0.25) is 0 Å². The summed E-state index contributed by atoms with van der Waals surface area (Å²) in [5.41, 5.74) is 2.03. The number of ether oxygens (including phenoxy) is 1. The first-order valence-corrected chi connectivity index (χ1v) is 7.38. The molecule has 0 bridgehead atoms. The van der Waals surface area contributed by atoms with Crippen LogP contribution in [0.3, 0.4) is 0 Å². The molecule has 6 nitrogen and oxygen atoms in total. The molecule has 2 heterocycles. The molecule has 6 heteroatoms. The van der Waals surface area contributed by atoms with Gasteiger partial charge in [0.1, 0.15) is 11.6 Å². The summed E-state index contributed by atoms with van der Waals surface area (Å²) in [4.78, 5) is 0. The highest BCUT2D eigenvalue weighted by atomic mass is 16.5.